The van der Waals surface area contributed by atoms with Gasteiger partial charge in [-0.05, 0) is 30.9 Å². The standard InChI is InChI=1S/C17H20ClN3O4S/c1-20-15(10-22)17(25-13-7-6-12(9-19)14(18)8-13)16(11-4-3-5-11)21(20)26(2,23)24/h6-8,11,16,22H,3-5,10H2,1-2H3. The van der Waals surface area contributed by atoms with Crippen molar-refractivity contribution in [3.63, 3.8) is 0 Å². The zero-order valence-corrected chi connectivity index (χ0v) is 16.1. The number of ether oxygens (including phenoxy) is 1. The van der Waals surface area contributed by atoms with Crippen LogP contribution in [0.1, 0.15) is 24.8 Å². The molecular weight excluding hydrogens is 378 g/mol. The van der Waals surface area contributed by atoms with Gasteiger partial charge in [0.05, 0.1) is 29.1 Å². The van der Waals surface area contributed by atoms with E-state index in [2.05, 4.69) is 0 Å². The summed E-state index contributed by atoms with van der Waals surface area (Å²) in [6.45, 7) is -0.356. The number of benzene rings is 1. The Labute approximate surface area is 158 Å². The average Bonchev–Trinajstić information content (AvgIpc) is 2.77. The van der Waals surface area contributed by atoms with Crippen LogP contribution in [-0.4, -0.2) is 48.9 Å². The van der Waals surface area contributed by atoms with Crippen molar-refractivity contribution in [2.24, 2.45) is 5.92 Å². The van der Waals surface area contributed by atoms with Crippen LogP contribution in [0.25, 0.3) is 0 Å². The molecule has 7 nitrogen and oxygen atoms in total. The molecule has 3 rings (SSSR count). The van der Waals surface area contributed by atoms with Gasteiger partial charge in [-0.25, -0.2) is 8.42 Å². The van der Waals surface area contributed by atoms with Crippen molar-refractivity contribution < 1.29 is 18.3 Å². The molecule has 0 saturated heterocycles. The summed E-state index contributed by atoms with van der Waals surface area (Å²) in [4.78, 5) is 0. The van der Waals surface area contributed by atoms with Crippen molar-refractivity contribution in [3.8, 4) is 11.8 Å². The van der Waals surface area contributed by atoms with Gasteiger partial charge in [0, 0.05) is 13.1 Å². The SMILES string of the molecule is CN1C(CO)=C(Oc2ccc(C#N)c(Cl)c2)C(C2CCC2)N1S(C)(=O)=O. The number of aliphatic hydroxyl groups excluding tert-OH is 1. The van der Waals surface area contributed by atoms with Gasteiger partial charge in [-0.1, -0.05) is 18.0 Å². The molecule has 0 aromatic heterocycles. The van der Waals surface area contributed by atoms with E-state index >= 15 is 0 Å². The van der Waals surface area contributed by atoms with E-state index in [1.54, 1.807) is 19.2 Å². The molecule has 1 fully saturated rings. The van der Waals surface area contributed by atoms with E-state index in [0.717, 1.165) is 25.5 Å². The smallest absolute Gasteiger partial charge is 0.228 e. The van der Waals surface area contributed by atoms with E-state index in [1.807, 2.05) is 6.07 Å². The number of rotatable bonds is 5. The number of sulfonamides is 1. The number of hydrogen-bond donors (Lipinski definition) is 1. The zero-order valence-electron chi connectivity index (χ0n) is 14.5. The predicted octanol–water partition coefficient (Wildman–Crippen LogP) is 2.09. The largest absolute Gasteiger partial charge is 0.458 e. The van der Waals surface area contributed by atoms with Crippen molar-refractivity contribution in [3.05, 3.63) is 40.2 Å². The third-order valence-electron chi connectivity index (χ3n) is 4.85. The Kier molecular flexibility index (Phi) is 5.17. The summed E-state index contributed by atoms with van der Waals surface area (Å²) in [5.41, 5.74) is 0.722. The summed E-state index contributed by atoms with van der Waals surface area (Å²) in [5, 5.41) is 20.5. The third kappa shape index (κ3) is 3.28. The Balaban J connectivity index is 2.02. The van der Waals surface area contributed by atoms with Crippen LogP contribution in [0.3, 0.4) is 0 Å². The Morgan fingerprint density at radius 1 is 1.42 bits per heavy atom. The van der Waals surface area contributed by atoms with Gasteiger partial charge in [-0.2, -0.15) is 5.26 Å². The minimum Gasteiger partial charge on any atom is -0.458 e. The van der Waals surface area contributed by atoms with Crippen molar-refractivity contribution >= 4 is 21.6 Å². The molecule has 1 heterocycles. The summed E-state index contributed by atoms with van der Waals surface area (Å²) in [6, 6.07) is 6.15. The van der Waals surface area contributed by atoms with Crippen LogP contribution in [0.2, 0.25) is 5.02 Å². The maximum absolute atomic E-state index is 12.4. The molecule has 0 spiro atoms. The van der Waals surface area contributed by atoms with Crippen molar-refractivity contribution in [2.45, 2.75) is 25.3 Å². The van der Waals surface area contributed by atoms with Gasteiger partial charge in [0.1, 0.15) is 23.6 Å². The first-order valence-electron chi connectivity index (χ1n) is 8.22. The first kappa shape index (κ1) is 19.0. The normalized spacial score (nSPS) is 21.7. The van der Waals surface area contributed by atoms with Gasteiger partial charge in [0.2, 0.25) is 10.0 Å². The van der Waals surface area contributed by atoms with Crippen LogP contribution in [-0.2, 0) is 10.0 Å². The minimum atomic E-state index is -3.55. The lowest BCUT2D eigenvalue weighted by Gasteiger charge is -2.38. The highest BCUT2D eigenvalue weighted by atomic mass is 35.5. The zero-order chi connectivity index (χ0) is 19.1. The molecule has 0 radical (unpaired) electrons. The van der Waals surface area contributed by atoms with E-state index < -0.39 is 16.1 Å². The fourth-order valence-electron chi connectivity index (χ4n) is 3.39. The van der Waals surface area contributed by atoms with Crippen LogP contribution in [0, 0.1) is 17.2 Å². The molecule has 2 aliphatic rings. The molecule has 140 valence electrons. The van der Waals surface area contributed by atoms with Gasteiger partial charge in [0.15, 0.2) is 0 Å². The Bertz CT molecular complexity index is 890. The highest BCUT2D eigenvalue weighted by molar-refractivity contribution is 7.88. The number of nitrogens with zero attached hydrogens (tertiary/aromatic N) is 3. The fraction of sp³-hybridized carbons (Fsp3) is 0.471. The second-order valence-electron chi connectivity index (χ2n) is 6.52. The third-order valence-corrected chi connectivity index (χ3v) is 6.32. The second-order valence-corrected chi connectivity index (χ2v) is 8.77. The maximum Gasteiger partial charge on any atom is 0.228 e. The molecule has 0 amide bonds. The van der Waals surface area contributed by atoms with Crippen LogP contribution in [0.4, 0.5) is 0 Å². The molecule has 26 heavy (non-hydrogen) atoms. The molecule has 1 aliphatic heterocycles. The van der Waals surface area contributed by atoms with E-state index in [4.69, 9.17) is 21.6 Å². The number of likely N-dealkylation sites (N-methyl/N-ethyl adjacent to an activating group) is 1. The first-order valence-corrected chi connectivity index (χ1v) is 10.4. The summed E-state index contributed by atoms with van der Waals surface area (Å²) in [7, 11) is -1.95. The number of hydrazine groups is 1. The summed E-state index contributed by atoms with van der Waals surface area (Å²) in [5.74, 6) is 0.925. The molecule has 1 unspecified atom stereocenters. The highest BCUT2D eigenvalue weighted by Gasteiger charge is 2.48. The molecule has 0 bridgehead atoms. The summed E-state index contributed by atoms with van der Waals surface area (Å²) in [6.07, 6.45) is 3.97. The monoisotopic (exact) mass is 397 g/mol. The number of halogens is 1. The van der Waals surface area contributed by atoms with E-state index in [9.17, 15) is 13.5 Å². The number of nitriles is 1. The molecule has 1 atom stereocenters. The average molecular weight is 398 g/mol. The van der Waals surface area contributed by atoms with Crippen LogP contribution in [0.15, 0.2) is 29.7 Å². The number of aliphatic hydroxyl groups is 1. The molecule has 1 N–H and O–H groups in total. The fourth-order valence-corrected chi connectivity index (χ4v) is 4.83. The molecule has 1 aliphatic carbocycles. The topological polar surface area (TPSA) is 93.9 Å². The maximum atomic E-state index is 12.4. The highest BCUT2D eigenvalue weighted by Crippen LogP contribution is 2.43. The molecule has 1 aromatic rings. The second kappa shape index (κ2) is 7.08. The molecule has 9 heteroatoms. The van der Waals surface area contributed by atoms with Gasteiger partial charge in [0.25, 0.3) is 0 Å². The Hall–Kier alpha value is -1.79. The quantitative estimate of drug-likeness (QED) is 0.817. The van der Waals surface area contributed by atoms with Crippen molar-refractivity contribution in [2.75, 3.05) is 19.9 Å². The van der Waals surface area contributed by atoms with Gasteiger partial charge in [-0.3, -0.25) is 5.01 Å². The summed E-state index contributed by atoms with van der Waals surface area (Å²) >= 11 is 6.07. The van der Waals surface area contributed by atoms with E-state index in [1.165, 1.54) is 15.5 Å². The lowest BCUT2D eigenvalue weighted by molar-refractivity contribution is 0.0654. The molecular formula is C17H20ClN3O4S. The lowest BCUT2D eigenvalue weighted by atomic mass is 9.79. The Morgan fingerprint density at radius 2 is 2.12 bits per heavy atom. The lowest BCUT2D eigenvalue weighted by Crippen LogP contribution is -2.49. The Morgan fingerprint density at radius 3 is 2.58 bits per heavy atom. The number of hydrogen-bond acceptors (Lipinski definition) is 6. The molecule has 1 saturated carbocycles. The van der Waals surface area contributed by atoms with Crippen LogP contribution in [0.5, 0.6) is 5.75 Å². The van der Waals surface area contributed by atoms with Gasteiger partial charge >= 0.3 is 0 Å². The molecule has 1 aromatic carbocycles. The predicted molar refractivity (Wildman–Crippen MR) is 96.5 cm³/mol. The summed E-state index contributed by atoms with van der Waals surface area (Å²) < 4.78 is 32.0. The van der Waals surface area contributed by atoms with Crippen LogP contribution < -0.4 is 4.74 Å². The van der Waals surface area contributed by atoms with Crippen LogP contribution >= 0.6 is 11.6 Å². The minimum absolute atomic E-state index is 0.125. The van der Waals surface area contributed by atoms with E-state index in [-0.39, 0.29) is 17.5 Å². The first-order chi connectivity index (χ1) is 12.3. The van der Waals surface area contributed by atoms with Crippen molar-refractivity contribution in [1.29, 1.82) is 5.26 Å². The van der Waals surface area contributed by atoms with E-state index in [0.29, 0.717) is 22.8 Å². The van der Waals surface area contributed by atoms with Gasteiger partial charge in [-0.15, -0.1) is 4.41 Å². The van der Waals surface area contributed by atoms with Gasteiger partial charge < -0.3 is 9.84 Å². The van der Waals surface area contributed by atoms with Crippen molar-refractivity contribution in [1.82, 2.24) is 9.42 Å².